The fraction of sp³-hybridized carbons (Fsp3) is 0.467. The summed E-state index contributed by atoms with van der Waals surface area (Å²) >= 11 is 0. The minimum absolute atomic E-state index is 0.199. The van der Waals surface area contributed by atoms with Gasteiger partial charge in [-0.15, -0.1) is 6.42 Å². The molecule has 1 atom stereocenters. The molecule has 2 N–H and O–H groups in total. The van der Waals surface area contributed by atoms with Gasteiger partial charge in [-0.3, -0.25) is 0 Å². The maximum Gasteiger partial charge on any atom is 0.146 e. The van der Waals surface area contributed by atoms with E-state index >= 15 is 0 Å². The first-order chi connectivity index (χ1) is 8.63. The maximum atomic E-state index is 14.1. The average molecular weight is 246 g/mol. The lowest BCUT2D eigenvalue weighted by atomic mass is 10.0. The van der Waals surface area contributed by atoms with Crippen LogP contribution in [-0.2, 0) is 0 Å². The lowest BCUT2D eigenvalue weighted by molar-refractivity contribution is 0.610. The molecule has 1 aromatic rings. The van der Waals surface area contributed by atoms with E-state index in [1.807, 2.05) is 17.9 Å². The van der Waals surface area contributed by atoms with Crippen LogP contribution in [0.2, 0.25) is 0 Å². The number of hydrogen-bond acceptors (Lipinski definition) is 2. The van der Waals surface area contributed by atoms with Gasteiger partial charge in [0, 0.05) is 12.6 Å². The predicted molar refractivity (Wildman–Crippen MR) is 72.8 cm³/mol. The smallest absolute Gasteiger partial charge is 0.146 e. The van der Waals surface area contributed by atoms with Crippen LogP contribution in [0.15, 0.2) is 18.2 Å². The first-order valence-corrected chi connectivity index (χ1v) is 6.36. The second kappa shape index (κ2) is 5.41. The van der Waals surface area contributed by atoms with Gasteiger partial charge in [0.25, 0.3) is 0 Å². The van der Waals surface area contributed by atoms with Crippen molar-refractivity contribution in [1.82, 2.24) is 0 Å². The Morgan fingerprint density at radius 1 is 1.56 bits per heavy atom. The zero-order chi connectivity index (χ0) is 13.1. The molecule has 1 aliphatic carbocycles. The molecule has 2 rings (SSSR count). The molecule has 0 bridgehead atoms. The van der Waals surface area contributed by atoms with E-state index in [1.165, 1.54) is 18.9 Å². The Morgan fingerprint density at radius 3 is 2.83 bits per heavy atom. The number of para-hydroxylation sites is 1. The molecule has 1 fully saturated rings. The van der Waals surface area contributed by atoms with E-state index < -0.39 is 0 Å². The number of nitrogens with zero attached hydrogens (tertiary/aromatic N) is 1. The van der Waals surface area contributed by atoms with E-state index in [0.29, 0.717) is 18.2 Å². The van der Waals surface area contributed by atoms with Gasteiger partial charge >= 0.3 is 0 Å². The second-order valence-corrected chi connectivity index (χ2v) is 4.99. The van der Waals surface area contributed by atoms with Gasteiger partial charge in [-0.05, 0) is 37.3 Å². The maximum absolute atomic E-state index is 14.1. The molecule has 0 unspecified atom stereocenters. The molecule has 3 heteroatoms. The third kappa shape index (κ3) is 2.83. The summed E-state index contributed by atoms with van der Waals surface area (Å²) in [5.41, 5.74) is 7.32. The largest absolute Gasteiger partial charge is 0.357 e. The summed E-state index contributed by atoms with van der Waals surface area (Å²) in [6, 6.07) is 4.84. The highest BCUT2D eigenvalue weighted by Gasteiger charge is 2.26. The van der Waals surface area contributed by atoms with Crippen LogP contribution in [-0.4, -0.2) is 13.1 Å². The van der Waals surface area contributed by atoms with Crippen LogP contribution in [0.5, 0.6) is 0 Å². The number of nitrogens with two attached hydrogens (primary N) is 1. The van der Waals surface area contributed by atoms with Crippen molar-refractivity contribution in [2.24, 2.45) is 11.7 Å². The quantitative estimate of drug-likeness (QED) is 0.809. The highest BCUT2D eigenvalue weighted by atomic mass is 19.1. The highest BCUT2D eigenvalue weighted by molar-refractivity contribution is 5.57. The monoisotopic (exact) mass is 246 g/mol. The Kier molecular flexibility index (Phi) is 3.88. The summed E-state index contributed by atoms with van der Waals surface area (Å²) in [7, 11) is 0. The van der Waals surface area contributed by atoms with Crippen molar-refractivity contribution in [3.8, 4) is 12.3 Å². The summed E-state index contributed by atoms with van der Waals surface area (Å²) in [5.74, 6) is 3.03. The minimum atomic E-state index is -0.235. The highest BCUT2D eigenvalue weighted by Crippen LogP contribution is 2.34. The number of halogens is 1. The Balaban J connectivity index is 2.35. The predicted octanol–water partition coefficient (Wildman–Crippen LogP) is 2.70. The topological polar surface area (TPSA) is 29.3 Å². The van der Waals surface area contributed by atoms with Crippen molar-refractivity contribution in [2.75, 3.05) is 18.0 Å². The van der Waals surface area contributed by atoms with Gasteiger partial charge in [0.1, 0.15) is 5.82 Å². The Morgan fingerprint density at radius 2 is 2.28 bits per heavy atom. The molecule has 0 heterocycles. The fourth-order valence-electron chi connectivity index (χ4n) is 2.19. The van der Waals surface area contributed by atoms with Crippen LogP contribution in [0.4, 0.5) is 10.1 Å². The van der Waals surface area contributed by atoms with Crippen LogP contribution in [0, 0.1) is 24.1 Å². The van der Waals surface area contributed by atoms with Gasteiger partial charge in [0.05, 0.1) is 12.2 Å². The van der Waals surface area contributed by atoms with Gasteiger partial charge in [-0.25, -0.2) is 4.39 Å². The van der Waals surface area contributed by atoms with Gasteiger partial charge in [0.2, 0.25) is 0 Å². The minimum Gasteiger partial charge on any atom is -0.357 e. The normalized spacial score (nSPS) is 16.1. The van der Waals surface area contributed by atoms with Gasteiger partial charge < -0.3 is 10.6 Å². The summed E-state index contributed by atoms with van der Waals surface area (Å²) in [6.45, 7) is 3.12. The first-order valence-electron chi connectivity index (χ1n) is 6.36. The van der Waals surface area contributed by atoms with Gasteiger partial charge in [-0.1, -0.05) is 18.1 Å². The second-order valence-electron chi connectivity index (χ2n) is 4.99. The van der Waals surface area contributed by atoms with Crippen molar-refractivity contribution in [2.45, 2.75) is 25.8 Å². The summed E-state index contributed by atoms with van der Waals surface area (Å²) in [6.07, 6.45) is 7.82. The Hall–Kier alpha value is -1.53. The van der Waals surface area contributed by atoms with E-state index in [4.69, 9.17) is 12.2 Å². The molecular weight excluding hydrogens is 227 g/mol. The Bertz CT molecular complexity index is 458. The van der Waals surface area contributed by atoms with Crippen LogP contribution < -0.4 is 10.6 Å². The van der Waals surface area contributed by atoms with Crippen molar-refractivity contribution >= 4 is 5.69 Å². The van der Waals surface area contributed by atoms with Gasteiger partial charge in [-0.2, -0.15) is 0 Å². The Labute approximate surface area is 108 Å². The standard InChI is InChI=1S/C15H19FN2/c1-3-9-18(10-12-7-8-12)15-13(11(2)17)5-4-6-14(15)16/h1,4-6,11-12H,7-10,17H2,2H3/t11-/m0/s1. The summed E-state index contributed by atoms with van der Waals surface area (Å²) in [5, 5.41) is 0. The molecule has 0 aliphatic heterocycles. The molecular formula is C15H19FN2. The van der Waals surface area contributed by atoms with E-state index in [-0.39, 0.29) is 11.9 Å². The van der Waals surface area contributed by atoms with Crippen LogP contribution in [0.3, 0.4) is 0 Å². The molecule has 0 spiro atoms. The molecule has 96 valence electrons. The van der Waals surface area contributed by atoms with Crippen LogP contribution in [0.25, 0.3) is 0 Å². The van der Waals surface area contributed by atoms with Crippen molar-refractivity contribution in [1.29, 1.82) is 0 Å². The zero-order valence-corrected chi connectivity index (χ0v) is 10.7. The molecule has 1 aliphatic rings. The molecule has 0 amide bonds. The van der Waals surface area contributed by atoms with Crippen molar-refractivity contribution in [3.05, 3.63) is 29.6 Å². The molecule has 1 saturated carbocycles. The number of rotatable bonds is 5. The third-order valence-corrected chi connectivity index (χ3v) is 3.28. The molecule has 0 radical (unpaired) electrons. The van der Waals surface area contributed by atoms with E-state index in [0.717, 1.165) is 12.1 Å². The first kappa shape index (κ1) is 12.9. The third-order valence-electron chi connectivity index (χ3n) is 3.28. The molecule has 0 aromatic heterocycles. The summed E-state index contributed by atoms with van der Waals surface area (Å²) < 4.78 is 14.1. The average Bonchev–Trinajstić information content (AvgIpc) is 3.12. The van der Waals surface area contributed by atoms with Gasteiger partial charge in [0.15, 0.2) is 0 Å². The molecule has 0 saturated heterocycles. The SMILES string of the molecule is C#CCN(CC1CC1)c1c(F)cccc1[C@H](C)N. The van der Waals surface area contributed by atoms with E-state index in [2.05, 4.69) is 5.92 Å². The fourth-order valence-corrected chi connectivity index (χ4v) is 2.19. The van der Waals surface area contributed by atoms with Crippen LogP contribution >= 0.6 is 0 Å². The summed E-state index contributed by atoms with van der Waals surface area (Å²) in [4.78, 5) is 1.95. The molecule has 1 aromatic carbocycles. The van der Waals surface area contributed by atoms with Crippen molar-refractivity contribution in [3.63, 3.8) is 0 Å². The lowest BCUT2D eigenvalue weighted by Gasteiger charge is -2.26. The number of anilines is 1. The lowest BCUT2D eigenvalue weighted by Crippen LogP contribution is -2.29. The van der Waals surface area contributed by atoms with E-state index in [1.54, 1.807) is 6.07 Å². The van der Waals surface area contributed by atoms with Crippen molar-refractivity contribution < 1.29 is 4.39 Å². The number of benzene rings is 1. The van der Waals surface area contributed by atoms with Crippen LogP contribution in [0.1, 0.15) is 31.4 Å². The molecule has 18 heavy (non-hydrogen) atoms. The number of terminal acetylenes is 1. The zero-order valence-electron chi connectivity index (χ0n) is 10.7. The van der Waals surface area contributed by atoms with E-state index in [9.17, 15) is 4.39 Å². The number of hydrogen-bond donors (Lipinski definition) is 1. The molecule has 2 nitrogen and oxygen atoms in total.